The van der Waals surface area contributed by atoms with Crippen molar-refractivity contribution in [3.63, 3.8) is 0 Å². The Hall–Kier alpha value is -1.52. The van der Waals surface area contributed by atoms with Crippen molar-refractivity contribution in [3.8, 4) is 0 Å². The number of benzene rings is 1. The Kier molecular flexibility index (Phi) is 2.62. The van der Waals surface area contributed by atoms with Crippen LogP contribution < -0.4 is 11.3 Å². The summed E-state index contributed by atoms with van der Waals surface area (Å²) in [7, 11) is 0. The number of carbonyl (C=O) groups excluding carboxylic acids is 1. The van der Waals surface area contributed by atoms with E-state index in [9.17, 15) is 4.79 Å². The molecule has 1 heterocycles. The lowest BCUT2D eigenvalue weighted by molar-refractivity contribution is -0.121. The molecule has 0 aliphatic heterocycles. The van der Waals surface area contributed by atoms with Crippen LogP contribution in [0.2, 0.25) is 5.02 Å². The first-order valence-corrected chi connectivity index (χ1v) is 4.83. The van der Waals surface area contributed by atoms with Gasteiger partial charge in [0.15, 0.2) is 0 Å². The zero-order valence-corrected chi connectivity index (χ0v) is 8.66. The summed E-state index contributed by atoms with van der Waals surface area (Å²) in [5.74, 6) is 4.78. The molecule has 1 aromatic heterocycles. The summed E-state index contributed by atoms with van der Waals surface area (Å²) in [6.45, 7) is 0.195. The Bertz CT molecular complexity index is 506. The van der Waals surface area contributed by atoms with E-state index in [0.717, 1.165) is 10.9 Å². The second kappa shape index (κ2) is 3.92. The molecule has 0 atom stereocenters. The number of amides is 1. The molecule has 5 heteroatoms. The maximum atomic E-state index is 11.1. The van der Waals surface area contributed by atoms with Crippen LogP contribution in [0.4, 0.5) is 0 Å². The van der Waals surface area contributed by atoms with Gasteiger partial charge in [0.05, 0.1) is 0 Å². The summed E-state index contributed by atoms with van der Waals surface area (Å²) in [6.07, 6.45) is 1.81. The van der Waals surface area contributed by atoms with Crippen LogP contribution in [0.5, 0.6) is 0 Å². The number of halogens is 1. The van der Waals surface area contributed by atoms with Gasteiger partial charge in [0.1, 0.15) is 6.54 Å². The van der Waals surface area contributed by atoms with Gasteiger partial charge in [-0.15, -0.1) is 0 Å². The van der Waals surface area contributed by atoms with Crippen molar-refractivity contribution in [2.75, 3.05) is 0 Å². The van der Waals surface area contributed by atoms with Crippen molar-refractivity contribution in [2.24, 2.45) is 5.84 Å². The number of nitrogens with two attached hydrogens (primary N) is 1. The van der Waals surface area contributed by atoms with Crippen LogP contribution in [-0.2, 0) is 11.3 Å². The van der Waals surface area contributed by atoms with Gasteiger partial charge >= 0.3 is 0 Å². The van der Waals surface area contributed by atoms with Gasteiger partial charge in [0, 0.05) is 22.1 Å². The average Bonchev–Trinajstić information content (AvgIpc) is 2.63. The van der Waals surface area contributed by atoms with Gasteiger partial charge in [-0.3, -0.25) is 10.2 Å². The van der Waals surface area contributed by atoms with Gasteiger partial charge in [-0.1, -0.05) is 17.7 Å². The number of rotatable bonds is 2. The fraction of sp³-hybridized carbons (Fsp3) is 0.100. The van der Waals surface area contributed by atoms with E-state index in [-0.39, 0.29) is 12.5 Å². The molecular weight excluding hydrogens is 214 g/mol. The smallest absolute Gasteiger partial charge is 0.253 e. The molecule has 1 amide bonds. The average molecular weight is 224 g/mol. The first-order valence-electron chi connectivity index (χ1n) is 4.45. The van der Waals surface area contributed by atoms with Crippen LogP contribution in [-0.4, -0.2) is 10.5 Å². The van der Waals surface area contributed by atoms with Gasteiger partial charge in [-0.25, -0.2) is 5.84 Å². The fourth-order valence-electron chi connectivity index (χ4n) is 1.52. The van der Waals surface area contributed by atoms with Gasteiger partial charge in [-0.2, -0.15) is 0 Å². The fourth-order valence-corrected chi connectivity index (χ4v) is 1.76. The highest BCUT2D eigenvalue weighted by molar-refractivity contribution is 6.35. The summed E-state index contributed by atoms with van der Waals surface area (Å²) in [5.41, 5.74) is 3.01. The summed E-state index contributed by atoms with van der Waals surface area (Å²) in [6, 6.07) is 7.45. The van der Waals surface area contributed by atoms with Gasteiger partial charge in [-0.05, 0) is 18.2 Å². The van der Waals surface area contributed by atoms with Crippen molar-refractivity contribution < 1.29 is 4.79 Å². The minimum absolute atomic E-state index is 0.195. The Balaban J connectivity index is 2.45. The van der Waals surface area contributed by atoms with Crippen LogP contribution >= 0.6 is 11.6 Å². The molecule has 4 nitrogen and oxygen atoms in total. The zero-order valence-electron chi connectivity index (χ0n) is 7.90. The predicted octanol–water partition coefficient (Wildman–Crippen LogP) is 1.28. The Labute approximate surface area is 91.6 Å². The third-order valence-corrected chi connectivity index (χ3v) is 2.57. The van der Waals surface area contributed by atoms with Gasteiger partial charge < -0.3 is 4.57 Å². The number of fused-ring (bicyclic) bond motifs is 1. The first-order chi connectivity index (χ1) is 7.22. The highest BCUT2D eigenvalue weighted by Gasteiger charge is 2.06. The van der Waals surface area contributed by atoms with Crippen molar-refractivity contribution in [3.05, 3.63) is 35.5 Å². The highest BCUT2D eigenvalue weighted by Crippen LogP contribution is 2.23. The highest BCUT2D eigenvalue weighted by atomic mass is 35.5. The van der Waals surface area contributed by atoms with Crippen LogP contribution in [0.3, 0.4) is 0 Å². The molecule has 0 aliphatic carbocycles. The molecule has 0 fully saturated rings. The first kappa shape index (κ1) is 10.0. The normalized spacial score (nSPS) is 10.5. The SMILES string of the molecule is NNC(=O)Cn1ccc2c(Cl)cccc21. The lowest BCUT2D eigenvalue weighted by Gasteiger charge is -2.03. The molecular formula is C10H10ClN3O. The van der Waals surface area contributed by atoms with E-state index < -0.39 is 0 Å². The van der Waals surface area contributed by atoms with E-state index in [1.165, 1.54) is 0 Å². The maximum absolute atomic E-state index is 11.1. The van der Waals surface area contributed by atoms with Crippen molar-refractivity contribution in [1.29, 1.82) is 0 Å². The van der Waals surface area contributed by atoms with Gasteiger partial charge in [0.25, 0.3) is 5.91 Å². The molecule has 1 aromatic carbocycles. The van der Waals surface area contributed by atoms with E-state index in [0.29, 0.717) is 5.02 Å². The summed E-state index contributed by atoms with van der Waals surface area (Å²) >= 11 is 6.00. The molecule has 0 unspecified atom stereocenters. The molecule has 0 radical (unpaired) electrons. The van der Waals surface area contributed by atoms with E-state index in [2.05, 4.69) is 5.43 Å². The standard InChI is InChI=1S/C10H10ClN3O/c11-8-2-1-3-9-7(8)4-5-14(9)6-10(15)13-12/h1-5H,6,12H2,(H,13,15). The monoisotopic (exact) mass is 223 g/mol. The summed E-state index contributed by atoms with van der Waals surface area (Å²) in [5, 5.41) is 1.61. The van der Waals surface area contributed by atoms with Crippen molar-refractivity contribution in [1.82, 2.24) is 9.99 Å². The lowest BCUT2D eigenvalue weighted by atomic mass is 10.2. The minimum atomic E-state index is -0.243. The van der Waals surface area contributed by atoms with Gasteiger partial charge in [0.2, 0.25) is 0 Å². The number of nitrogens with zero attached hydrogens (tertiary/aromatic N) is 1. The molecule has 3 N–H and O–H groups in total. The molecule has 2 aromatic rings. The van der Waals surface area contributed by atoms with E-state index in [4.69, 9.17) is 17.4 Å². The number of carbonyl (C=O) groups is 1. The molecule has 2 rings (SSSR count). The second-order valence-electron chi connectivity index (χ2n) is 3.18. The van der Waals surface area contributed by atoms with Crippen molar-refractivity contribution >= 4 is 28.4 Å². The van der Waals surface area contributed by atoms with E-state index in [1.807, 2.05) is 30.5 Å². The number of hydrogen-bond donors (Lipinski definition) is 2. The van der Waals surface area contributed by atoms with E-state index >= 15 is 0 Å². The van der Waals surface area contributed by atoms with Crippen LogP contribution in [0.25, 0.3) is 10.9 Å². The number of hydrazine groups is 1. The van der Waals surface area contributed by atoms with Crippen LogP contribution in [0, 0.1) is 0 Å². The Morgan fingerprint density at radius 2 is 2.27 bits per heavy atom. The number of nitrogens with one attached hydrogen (secondary N) is 1. The Morgan fingerprint density at radius 3 is 3.00 bits per heavy atom. The quantitative estimate of drug-likeness (QED) is 0.458. The molecule has 0 bridgehead atoms. The molecule has 0 saturated heterocycles. The lowest BCUT2D eigenvalue weighted by Crippen LogP contribution is -2.33. The number of aromatic nitrogens is 1. The molecule has 0 spiro atoms. The maximum Gasteiger partial charge on any atom is 0.253 e. The molecule has 0 saturated carbocycles. The summed E-state index contributed by atoms with van der Waals surface area (Å²) in [4.78, 5) is 11.1. The van der Waals surface area contributed by atoms with Crippen LogP contribution in [0.15, 0.2) is 30.5 Å². The predicted molar refractivity (Wildman–Crippen MR) is 59.3 cm³/mol. The summed E-state index contributed by atoms with van der Waals surface area (Å²) < 4.78 is 1.80. The third-order valence-electron chi connectivity index (χ3n) is 2.24. The van der Waals surface area contributed by atoms with E-state index in [1.54, 1.807) is 4.57 Å². The van der Waals surface area contributed by atoms with Crippen LogP contribution in [0.1, 0.15) is 0 Å². The zero-order chi connectivity index (χ0) is 10.8. The largest absolute Gasteiger partial charge is 0.338 e. The minimum Gasteiger partial charge on any atom is -0.338 e. The second-order valence-corrected chi connectivity index (χ2v) is 3.59. The molecule has 0 aliphatic rings. The van der Waals surface area contributed by atoms with Crippen molar-refractivity contribution in [2.45, 2.75) is 6.54 Å². The molecule has 78 valence electrons. The number of hydrogen-bond acceptors (Lipinski definition) is 2. The Morgan fingerprint density at radius 1 is 1.47 bits per heavy atom. The topological polar surface area (TPSA) is 60.0 Å². The third kappa shape index (κ3) is 1.82. The molecule has 15 heavy (non-hydrogen) atoms.